The molecule has 50 heavy (non-hydrogen) atoms. The van der Waals surface area contributed by atoms with Gasteiger partial charge >= 0.3 is 12.2 Å². The number of carbonyl (C=O) groups is 2. The van der Waals surface area contributed by atoms with E-state index in [1.54, 1.807) is 22.8 Å². The second-order valence-electron chi connectivity index (χ2n) is 12.1. The van der Waals surface area contributed by atoms with Crippen molar-refractivity contribution in [1.82, 2.24) is 34.0 Å². The van der Waals surface area contributed by atoms with Crippen molar-refractivity contribution in [2.45, 2.75) is 26.1 Å². The number of piperazine rings is 1. The first-order valence-corrected chi connectivity index (χ1v) is 18.4. The number of pyridine rings is 2. The molecule has 2 N–H and O–H groups in total. The van der Waals surface area contributed by atoms with E-state index in [1.807, 2.05) is 25.9 Å². The van der Waals surface area contributed by atoms with Crippen molar-refractivity contribution in [3.63, 3.8) is 0 Å². The number of sulfonamides is 1. The predicted molar refractivity (Wildman–Crippen MR) is 186 cm³/mol. The van der Waals surface area contributed by atoms with Gasteiger partial charge in [-0.1, -0.05) is 13.0 Å². The molecule has 4 aromatic rings. The second kappa shape index (κ2) is 14.8. The lowest BCUT2D eigenvalue weighted by molar-refractivity contribution is -0.140. The van der Waals surface area contributed by atoms with Crippen LogP contribution in [0.2, 0.25) is 0 Å². The fourth-order valence-corrected chi connectivity index (χ4v) is 7.14. The standard InChI is InChI=1S/C32H37F3N8O5S2/c1-5-8-36-31(46)39-27-16-21(29-38-26(19-49-29)32(33,34)35)23(17-37-27)20-6-7-25-22(15-20)28(44)24(18-42(25)10-9-40(2)3)30(45)41-11-13-43(14-12-41)50(4,47)48/h6-7,15-19H,5,8-14H2,1-4H3,(H2,36,37,39,46). The topological polar surface area (TPSA) is 150 Å². The van der Waals surface area contributed by atoms with Crippen molar-refractivity contribution < 1.29 is 31.2 Å². The van der Waals surface area contributed by atoms with Crippen LogP contribution in [-0.2, 0) is 22.7 Å². The molecule has 1 saturated heterocycles. The molecule has 1 fully saturated rings. The maximum atomic E-state index is 14.1. The molecule has 0 spiro atoms. The highest BCUT2D eigenvalue weighted by Crippen LogP contribution is 2.39. The van der Waals surface area contributed by atoms with Crippen LogP contribution in [-0.4, -0.2) is 109 Å². The number of alkyl halides is 3. The summed E-state index contributed by atoms with van der Waals surface area (Å²) in [7, 11) is 0.341. The van der Waals surface area contributed by atoms with Crippen molar-refractivity contribution in [3.05, 3.63) is 63.5 Å². The number of hydrogen-bond donors (Lipinski definition) is 2. The van der Waals surface area contributed by atoms with Crippen LogP contribution in [0, 0.1) is 0 Å². The summed E-state index contributed by atoms with van der Waals surface area (Å²) in [6.07, 6.45) is 0.0278. The van der Waals surface area contributed by atoms with Gasteiger partial charge in [-0.2, -0.15) is 17.5 Å². The zero-order valence-electron chi connectivity index (χ0n) is 27.9. The minimum Gasteiger partial charge on any atom is -0.345 e. The smallest absolute Gasteiger partial charge is 0.345 e. The summed E-state index contributed by atoms with van der Waals surface area (Å²) in [4.78, 5) is 51.7. The Labute approximate surface area is 290 Å². The maximum Gasteiger partial charge on any atom is 0.434 e. The van der Waals surface area contributed by atoms with Gasteiger partial charge in [-0.05, 0) is 44.3 Å². The van der Waals surface area contributed by atoms with E-state index in [0.29, 0.717) is 42.7 Å². The van der Waals surface area contributed by atoms with Gasteiger partial charge < -0.3 is 19.7 Å². The van der Waals surface area contributed by atoms with Crippen LogP contribution in [0.4, 0.5) is 23.8 Å². The molecular weight excluding hydrogens is 698 g/mol. The molecule has 18 heteroatoms. The molecule has 4 heterocycles. The van der Waals surface area contributed by atoms with Gasteiger partial charge in [0.25, 0.3) is 5.91 Å². The minimum atomic E-state index is -4.68. The summed E-state index contributed by atoms with van der Waals surface area (Å²) >= 11 is 0.773. The number of rotatable bonds is 10. The molecular formula is C32H37F3N8O5S2. The zero-order chi connectivity index (χ0) is 36.4. The van der Waals surface area contributed by atoms with Crippen LogP contribution in [0.3, 0.4) is 0 Å². The van der Waals surface area contributed by atoms with E-state index in [-0.39, 0.29) is 53.5 Å². The molecule has 3 aromatic heterocycles. The molecule has 3 amide bonds. The van der Waals surface area contributed by atoms with Gasteiger partial charge in [-0.15, -0.1) is 11.3 Å². The van der Waals surface area contributed by atoms with Crippen LogP contribution in [0.1, 0.15) is 29.4 Å². The third-order valence-electron chi connectivity index (χ3n) is 8.11. The maximum absolute atomic E-state index is 14.1. The van der Waals surface area contributed by atoms with Gasteiger partial charge in [0.05, 0.1) is 11.8 Å². The van der Waals surface area contributed by atoms with E-state index in [0.717, 1.165) is 23.0 Å². The normalized spacial score (nSPS) is 14.4. The van der Waals surface area contributed by atoms with Gasteiger partial charge in [0.1, 0.15) is 16.4 Å². The van der Waals surface area contributed by atoms with Gasteiger partial charge in [0.2, 0.25) is 15.5 Å². The van der Waals surface area contributed by atoms with Crippen LogP contribution >= 0.6 is 11.3 Å². The summed E-state index contributed by atoms with van der Waals surface area (Å²) in [6, 6.07) is 5.88. The summed E-state index contributed by atoms with van der Waals surface area (Å²) < 4.78 is 67.8. The quantitative estimate of drug-likeness (QED) is 0.248. The van der Waals surface area contributed by atoms with Crippen LogP contribution in [0.5, 0.6) is 0 Å². The molecule has 1 aliphatic rings. The second-order valence-corrected chi connectivity index (χ2v) is 14.9. The Morgan fingerprint density at radius 2 is 1.80 bits per heavy atom. The number of anilines is 1. The number of aromatic nitrogens is 3. The molecule has 268 valence electrons. The van der Waals surface area contributed by atoms with Crippen molar-refractivity contribution >= 4 is 50.0 Å². The summed E-state index contributed by atoms with van der Waals surface area (Å²) in [5, 5.41) is 6.37. The van der Waals surface area contributed by atoms with Crippen LogP contribution in [0.15, 0.2) is 46.8 Å². The van der Waals surface area contributed by atoms with E-state index in [9.17, 15) is 36.0 Å². The Bertz CT molecular complexity index is 2070. The number of hydrogen-bond acceptors (Lipinski definition) is 9. The Balaban J connectivity index is 1.61. The zero-order valence-corrected chi connectivity index (χ0v) is 29.5. The van der Waals surface area contributed by atoms with Gasteiger partial charge in [-0.3, -0.25) is 14.9 Å². The number of fused-ring (bicyclic) bond motifs is 1. The highest BCUT2D eigenvalue weighted by Gasteiger charge is 2.34. The van der Waals surface area contributed by atoms with Gasteiger partial charge in [0.15, 0.2) is 5.69 Å². The number of likely N-dealkylation sites (N-methyl/N-ethyl adjacent to an activating group) is 1. The highest BCUT2D eigenvalue weighted by molar-refractivity contribution is 7.88. The molecule has 13 nitrogen and oxygen atoms in total. The number of nitrogens with zero attached hydrogens (tertiary/aromatic N) is 6. The summed E-state index contributed by atoms with van der Waals surface area (Å²) in [6.45, 7) is 3.73. The van der Waals surface area contributed by atoms with E-state index >= 15 is 0 Å². The van der Waals surface area contributed by atoms with E-state index in [4.69, 9.17) is 0 Å². The number of halogens is 3. The fraction of sp³-hybridized carbons (Fsp3) is 0.406. The number of thiazole rings is 1. The van der Waals surface area contributed by atoms with Crippen molar-refractivity contribution in [1.29, 1.82) is 0 Å². The van der Waals surface area contributed by atoms with Gasteiger partial charge in [-0.25, -0.2) is 23.2 Å². The first kappa shape index (κ1) is 36.9. The lowest BCUT2D eigenvalue weighted by Gasteiger charge is -2.33. The monoisotopic (exact) mass is 734 g/mol. The van der Waals surface area contributed by atoms with E-state index < -0.39 is 39.3 Å². The first-order chi connectivity index (χ1) is 23.6. The number of carbonyl (C=O) groups excluding carboxylic acids is 2. The average molecular weight is 735 g/mol. The highest BCUT2D eigenvalue weighted by atomic mass is 32.2. The third-order valence-corrected chi connectivity index (χ3v) is 10.3. The Morgan fingerprint density at radius 3 is 2.42 bits per heavy atom. The predicted octanol–water partition coefficient (Wildman–Crippen LogP) is 4.02. The number of amides is 3. The number of nitrogens with one attached hydrogen (secondary N) is 2. The minimum absolute atomic E-state index is 0.0207. The largest absolute Gasteiger partial charge is 0.434 e. The molecule has 1 aliphatic heterocycles. The summed E-state index contributed by atoms with van der Waals surface area (Å²) in [5.74, 6) is -0.451. The first-order valence-electron chi connectivity index (χ1n) is 15.7. The van der Waals surface area contributed by atoms with Crippen molar-refractivity contribution in [2.75, 3.05) is 64.9 Å². The molecule has 5 rings (SSSR count). The number of benzene rings is 1. The van der Waals surface area contributed by atoms with Crippen LogP contribution < -0.4 is 16.1 Å². The summed E-state index contributed by atoms with van der Waals surface area (Å²) in [5.41, 5.74) is -0.156. The molecule has 0 aliphatic carbocycles. The Hall–Kier alpha value is -4.39. The molecule has 0 saturated carbocycles. The van der Waals surface area contributed by atoms with Crippen molar-refractivity contribution in [2.24, 2.45) is 0 Å². The van der Waals surface area contributed by atoms with Crippen LogP contribution in [0.25, 0.3) is 32.6 Å². The van der Waals surface area contributed by atoms with E-state index in [1.165, 1.54) is 27.7 Å². The third kappa shape index (κ3) is 8.31. The molecule has 1 aromatic carbocycles. The molecule has 0 unspecified atom stereocenters. The number of urea groups is 1. The lowest BCUT2D eigenvalue weighted by Crippen LogP contribution is -2.51. The lowest BCUT2D eigenvalue weighted by atomic mass is 9.99. The fourth-order valence-electron chi connectivity index (χ4n) is 5.46. The Morgan fingerprint density at radius 1 is 1.08 bits per heavy atom. The Kier molecular flexibility index (Phi) is 10.9. The van der Waals surface area contributed by atoms with E-state index in [2.05, 4.69) is 20.6 Å². The average Bonchev–Trinajstić information content (AvgIpc) is 3.58. The SMILES string of the molecule is CCCNC(=O)Nc1cc(-c2nc(C(F)(F)F)cs2)c(-c2ccc3c(c2)c(=O)c(C(=O)N2CCN(S(C)(=O)=O)CC2)cn3CCN(C)C)cn1. The molecule has 0 radical (unpaired) electrons. The van der Waals surface area contributed by atoms with Gasteiger partial charge in [0, 0.05) is 80.1 Å². The molecule has 0 atom stereocenters. The van der Waals surface area contributed by atoms with Crippen molar-refractivity contribution in [3.8, 4) is 21.7 Å². The molecule has 0 bridgehead atoms.